The number of halogens is 1. The third-order valence-corrected chi connectivity index (χ3v) is 4.57. The van der Waals surface area contributed by atoms with Gasteiger partial charge in [-0.05, 0) is 54.6 Å². The molecule has 2 N–H and O–H groups in total. The van der Waals surface area contributed by atoms with Gasteiger partial charge < -0.3 is 10.6 Å². The third-order valence-electron chi connectivity index (χ3n) is 4.57. The van der Waals surface area contributed by atoms with Gasteiger partial charge in [-0.1, -0.05) is 6.07 Å². The molecule has 3 aromatic carbocycles. The predicted molar refractivity (Wildman–Crippen MR) is 114 cm³/mol. The van der Waals surface area contributed by atoms with E-state index in [1.165, 1.54) is 53.1 Å². The molecule has 0 spiro atoms. The smallest absolute Gasteiger partial charge is 0.308 e. The topological polar surface area (TPSA) is 106 Å². The van der Waals surface area contributed by atoms with Gasteiger partial charge in [-0.3, -0.25) is 19.5 Å². The minimum absolute atomic E-state index is 0.0753. The van der Waals surface area contributed by atoms with E-state index >= 15 is 0 Å². The first-order chi connectivity index (χ1) is 14.9. The lowest BCUT2D eigenvalue weighted by atomic mass is 10.2. The molecule has 0 bridgehead atoms. The van der Waals surface area contributed by atoms with Crippen LogP contribution in [-0.4, -0.2) is 21.4 Å². The van der Waals surface area contributed by atoms with Crippen molar-refractivity contribution in [2.75, 3.05) is 10.6 Å². The lowest BCUT2D eigenvalue weighted by molar-refractivity contribution is -0.384. The molecule has 8 nitrogen and oxygen atoms in total. The van der Waals surface area contributed by atoms with Crippen molar-refractivity contribution in [3.8, 4) is 0 Å². The number of nitrogens with zero attached hydrogens (tertiary/aromatic N) is 2. The molecule has 2 amide bonds. The second kappa shape index (κ2) is 8.07. The minimum atomic E-state index is -0.525. The molecule has 9 heteroatoms. The van der Waals surface area contributed by atoms with Crippen molar-refractivity contribution in [1.82, 2.24) is 4.57 Å². The molecule has 0 aliphatic rings. The van der Waals surface area contributed by atoms with Crippen LogP contribution < -0.4 is 10.6 Å². The van der Waals surface area contributed by atoms with E-state index in [1.54, 1.807) is 30.5 Å². The van der Waals surface area contributed by atoms with Crippen LogP contribution in [0.15, 0.2) is 79.0 Å². The fourth-order valence-corrected chi connectivity index (χ4v) is 3.12. The van der Waals surface area contributed by atoms with E-state index in [0.717, 1.165) is 0 Å². The van der Waals surface area contributed by atoms with Crippen molar-refractivity contribution in [2.24, 2.45) is 0 Å². The molecule has 4 aromatic rings. The Bertz CT molecular complexity index is 1310. The molecule has 0 saturated heterocycles. The Morgan fingerprint density at radius 3 is 2.32 bits per heavy atom. The summed E-state index contributed by atoms with van der Waals surface area (Å²) in [5.74, 6) is -0.862. The van der Waals surface area contributed by atoms with Crippen molar-refractivity contribution in [1.29, 1.82) is 0 Å². The highest BCUT2D eigenvalue weighted by atomic mass is 19.1. The standard InChI is InChI=1S/C22H15FN4O4/c23-16-3-1-2-15(12-16)21(28)26-11-10-14-13-18(6-9-20(14)26)25-22(29)24-17-4-7-19(8-5-17)27(30)31/h1-13H,(H2,24,25,29). The van der Waals surface area contributed by atoms with E-state index in [0.29, 0.717) is 22.3 Å². The van der Waals surface area contributed by atoms with Crippen molar-refractivity contribution in [2.45, 2.75) is 0 Å². The number of non-ortho nitro benzene ring substituents is 1. The van der Waals surface area contributed by atoms with Crippen LogP contribution in [0.5, 0.6) is 0 Å². The SMILES string of the molecule is O=C(Nc1ccc([N+](=O)[O-])cc1)Nc1ccc2c(ccn2C(=O)c2cccc(F)c2)c1. The van der Waals surface area contributed by atoms with Gasteiger partial charge in [-0.25, -0.2) is 9.18 Å². The summed E-state index contributed by atoms with van der Waals surface area (Å²) in [6.07, 6.45) is 1.58. The third kappa shape index (κ3) is 4.25. The summed E-state index contributed by atoms with van der Waals surface area (Å²) in [6, 6.07) is 17.1. The van der Waals surface area contributed by atoms with Crippen LogP contribution in [-0.2, 0) is 0 Å². The molecule has 154 valence electrons. The highest BCUT2D eigenvalue weighted by Crippen LogP contribution is 2.22. The number of anilines is 2. The van der Waals surface area contributed by atoms with Crippen LogP contribution in [0, 0.1) is 15.9 Å². The number of rotatable bonds is 4. The number of urea groups is 1. The fraction of sp³-hybridized carbons (Fsp3) is 0. The van der Waals surface area contributed by atoms with Crippen LogP contribution in [0.4, 0.5) is 26.2 Å². The van der Waals surface area contributed by atoms with E-state index in [1.807, 2.05) is 0 Å². The molecule has 0 unspecified atom stereocenters. The van der Waals surface area contributed by atoms with Gasteiger partial charge in [-0.15, -0.1) is 0 Å². The van der Waals surface area contributed by atoms with E-state index in [9.17, 15) is 24.1 Å². The van der Waals surface area contributed by atoms with Crippen molar-refractivity contribution < 1.29 is 18.9 Å². The summed E-state index contributed by atoms with van der Waals surface area (Å²) in [5.41, 5.74) is 1.64. The van der Waals surface area contributed by atoms with Crippen molar-refractivity contribution in [3.63, 3.8) is 0 Å². The fourth-order valence-electron chi connectivity index (χ4n) is 3.12. The summed E-state index contributed by atoms with van der Waals surface area (Å²) in [4.78, 5) is 35.1. The molecule has 0 radical (unpaired) electrons. The lowest BCUT2D eigenvalue weighted by Crippen LogP contribution is -2.19. The lowest BCUT2D eigenvalue weighted by Gasteiger charge is -2.09. The highest BCUT2D eigenvalue weighted by molar-refractivity contribution is 6.04. The number of hydrogen-bond acceptors (Lipinski definition) is 4. The molecule has 4 rings (SSSR count). The van der Waals surface area contributed by atoms with Crippen LogP contribution >= 0.6 is 0 Å². The zero-order chi connectivity index (χ0) is 22.0. The number of nitrogens with one attached hydrogen (secondary N) is 2. The maximum absolute atomic E-state index is 13.4. The molecule has 0 saturated carbocycles. The molecule has 0 fully saturated rings. The first kappa shape index (κ1) is 19.8. The predicted octanol–water partition coefficient (Wildman–Crippen LogP) is 5.02. The van der Waals surface area contributed by atoms with Crippen molar-refractivity contribution >= 4 is 39.9 Å². The maximum Gasteiger partial charge on any atom is 0.323 e. The van der Waals surface area contributed by atoms with Crippen molar-refractivity contribution in [3.05, 3.63) is 100 Å². The molecule has 1 heterocycles. The van der Waals surface area contributed by atoms with Gasteiger partial charge in [0.15, 0.2) is 0 Å². The first-order valence-corrected chi connectivity index (χ1v) is 9.14. The quantitative estimate of drug-likeness (QED) is 0.358. The largest absolute Gasteiger partial charge is 0.323 e. The summed E-state index contributed by atoms with van der Waals surface area (Å²) >= 11 is 0. The number of hydrogen-bond donors (Lipinski definition) is 2. The normalized spacial score (nSPS) is 10.6. The van der Waals surface area contributed by atoms with Gasteiger partial charge in [-0.2, -0.15) is 0 Å². The number of aromatic nitrogens is 1. The van der Waals surface area contributed by atoms with E-state index < -0.39 is 16.8 Å². The molecular formula is C22H15FN4O4. The number of benzene rings is 3. The van der Waals surface area contributed by atoms with Gasteiger partial charge in [0.1, 0.15) is 5.82 Å². The number of nitro benzene ring substituents is 1. The number of nitro groups is 1. The van der Waals surface area contributed by atoms with Crippen LogP contribution in [0.3, 0.4) is 0 Å². The number of carbonyl (C=O) groups is 2. The second-order valence-corrected chi connectivity index (χ2v) is 6.66. The second-order valence-electron chi connectivity index (χ2n) is 6.66. The zero-order valence-corrected chi connectivity index (χ0v) is 15.9. The van der Waals surface area contributed by atoms with Gasteiger partial charge >= 0.3 is 6.03 Å². The molecule has 0 aliphatic heterocycles. The summed E-state index contributed by atoms with van der Waals surface area (Å²) in [5, 5.41) is 16.7. The van der Waals surface area contributed by atoms with Crippen LogP contribution in [0.25, 0.3) is 10.9 Å². The molecule has 1 aromatic heterocycles. The Hall–Kier alpha value is -4.53. The maximum atomic E-state index is 13.4. The van der Waals surface area contributed by atoms with E-state index in [2.05, 4.69) is 10.6 Å². The molecule has 31 heavy (non-hydrogen) atoms. The monoisotopic (exact) mass is 418 g/mol. The van der Waals surface area contributed by atoms with Crippen LogP contribution in [0.2, 0.25) is 0 Å². The van der Waals surface area contributed by atoms with Gasteiger partial charge in [0.25, 0.3) is 11.6 Å². The Labute approximate surface area is 175 Å². The van der Waals surface area contributed by atoms with E-state index in [4.69, 9.17) is 0 Å². The summed E-state index contributed by atoms with van der Waals surface area (Å²) in [7, 11) is 0. The molecular weight excluding hydrogens is 403 g/mol. The Kier molecular flexibility index (Phi) is 5.15. The summed E-state index contributed by atoms with van der Waals surface area (Å²) < 4.78 is 14.8. The number of amides is 2. The Morgan fingerprint density at radius 2 is 1.61 bits per heavy atom. The summed E-state index contributed by atoms with van der Waals surface area (Å²) in [6.45, 7) is 0. The minimum Gasteiger partial charge on any atom is -0.308 e. The molecule has 0 atom stereocenters. The Morgan fingerprint density at radius 1 is 0.903 bits per heavy atom. The van der Waals surface area contributed by atoms with E-state index in [-0.39, 0.29) is 17.2 Å². The van der Waals surface area contributed by atoms with Crippen LogP contribution in [0.1, 0.15) is 10.4 Å². The Balaban J connectivity index is 1.49. The average Bonchev–Trinajstić information content (AvgIpc) is 3.16. The number of fused-ring (bicyclic) bond motifs is 1. The first-order valence-electron chi connectivity index (χ1n) is 9.14. The van der Waals surface area contributed by atoms with Gasteiger partial charge in [0, 0.05) is 40.7 Å². The average molecular weight is 418 g/mol. The zero-order valence-electron chi connectivity index (χ0n) is 15.9. The highest BCUT2D eigenvalue weighted by Gasteiger charge is 2.13. The number of carbonyl (C=O) groups excluding carboxylic acids is 2. The van der Waals surface area contributed by atoms with Gasteiger partial charge in [0.05, 0.1) is 10.4 Å². The molecule has 0 aliphatic carbocycles. The van der Waals surface area contributed by atoms with Gasteiger partial charge in [0.2, 0.25) is 0 Å².